The van der Waals surface area contributed by atoms with E-state index in [4.69, 9.17) is 0 Å². The zero-order valence-electron chi connectivity index (χ0n) is 10.7. The fourth-order valence-electron chi connectivity index (χ4n) is 2.58. The van der Waals surface area contributed by atoms with Crippen molar-refractivity contribution in [2.45, 2.75) is 77.0 Å². The van der Waals surface area contributed by atoms with E-state index in [-0.39, 0.29) is 18.3 Å². The van der Waals surface area contributed by atoms with Gasteiger partial charge in [0.25, 0.3) is 0 Å². The van der Waals surface area contributed by atoms with Gasteiger partial charge in [-0.3, -0.25) is 0 Å². The molecule has 1 nitrogen and oxygen atoms in total. The minimum absolute atomic E-state index is 0.0421. The minimum atomic E-state index is -4.10. The van der Waals surface area contributed by atoms with E-state index < -0.39 is 18.2 Å². The average molecular weight is 252 g/mol. The first-order valence-corrected chi connectivity index (χ1v) is 6.41. The lowest BCUT2D eigenvalue weighted by Gasteiger charge is -2.28. The molecule has 1 aliphatic carbocycles. The van der Waals surface area contributed by atoms with E-state index in [0.29, 0.717) is 12.8 Å². The molecule has 0 radical (unpaired) electrons. The molecule has 1 unspecified atom stereocenters. The summed E-state index contributed by atoms with van der Waals surface area (Å²) in [6.45, 7) is 4.32. The van der Waals surface area contributed by atoms with Gasteiger partial charge in [0, 0.05) is 6.42 Å². The van der Waals surface area contributed by atoms with Crippen LogP contribution >= 0.6 is 0 Å². The van der Waals surface area contributed by atoms with Crippen LogP contribution in [0.3, 0.4) is 0 Å². The summed E-state index contributed by atoms with van der Waals surface area (Å²) in [6.07, 6.45) is -0.409. The normalized spacial score (nSPS) is 30.0. The van der Waals surface area contributed by atoms with Crippen LogP contribution < -0.4 is 0 Å². The number of halogens is 3. The molecular weight excluding hydrogens is 229 g/mol. The maximum absolute atomic E-state index is 12.1. The zero-order chi connectivity index (χ0) is 13.2. The summed E-state index contributed by atoms with van der Waals surface area (Å²) in [4.78, 5) is 0. The SMILES string of the molecule is CC1(C)CCCC(O)(CCCC(F)(F)F)CC1. The molecule has 102 valence electrons. The second-order valence-corrected chi connectivity index (χ2v) is 6.21. The summed E-state index contributed by atoms with van der Waals surface area (Å²) in [5.41, 5.74) is -0.645. The van der Waals surface area contributed by atoms with Crippen molar-refractivity contribution in [1.29, 1.82) is 0 Å². The molecule has 17 heavy (non-hydrogen) atoms. The van der Waals surface area contributed by atoms with Crippen LogP contribution in [0.2, 0.25) is 0 Å². The first-order valence-electron chi connectivity index (χ1n) is 6.41. The fourth-order valence-corrected chi connectivity index (χ4v) is 2.58. The highest BCUT2D eigenvalue weighted by atomic mass is 19.4. The largest absolute Gasteiger partial charge is 0.390 e. The Morgan fingerprint density at radius 3 is 2.29 bits per heavy atom. The average Bonchev–Trinajstić information content (AvgIpc) is 2.24. The highest BCUT2D eigenvalue weighted by Crippen LogP contribution is 2.40. The quantitative estimate of drug-likeness (QED) is 0.736. The molecule has 0 aliphatic heterocycles. The van der Waals surface area contributed by atoms with Gasteiger partial charge >= 0.3 is 6.18 Å². The Labute approximate surface area is 101 Å². The highest BCUT2D eigenvalue weighted by Gasteiger charge is 2.35. The fraction of sp³-hybridized carbons (Fsp3) is 1.00. The monoisotopic (exact) mass is 252 g/mol. The third kappa shape index (κ3) is 5.75. The molecule has 4 heteroatoms. The lowest BCUT2D eigenvalue weighted by molar-refractivity contribution is -0.138. The van der Waals surface area contributed by atoms with Crippen LogP contribution in [0.4, 0.5) is 13.2 Å². The Balaban J connectivity index is 2.41. The molecule has 0 aromatic carbocycles. The number of alkyl halides is 3. The molecule has 1 aliphatic rings. The zero-order valence-corrected chi connectivity index (χ0v) is 10.7. The van der Waals surface area contributed by atoms with Crippen LogP contribution in [0.1, 0.15) is 65.2 Å². The summed E-state index contributed by atoms with van der Waals surface area (Å²) in [5, 5.41) is 10.3. The van der Waals surface area contributed by atoms with Crippen molar-refractivity contribution in [3.8, 4) is 0 Å². The first-order chi connectivity index (χ1) is 7.62. The third-order valence-corrected chi connectivity index (χ3v) is 3.87. The molecule has 1 atom stereocenters. The van der Waals surface area contributed by atoms with Gasteiger partial charge < -0.3 is 5.11 Å². The highest BCUT2D eigenvalue weighted by molar-refractivity contribution is 4.86. The van der Waals surface area contributed by atoms with Gasteiger partial charge in [-0.15, -0.1) is 0 Å². The molecule has 1 rings (SSSR count). The lowest BCUT2D eigenvalue weighted by atomic mass is 9.83. The molecule has 0 amide bonds. The van der Waals surface area contributed by atoms with Crippen molar-refractivity contribution in [3.05, 3.63) is 0 Å². The minimum Gasteiger partial charge on any atom is -0.390 e. The third-order valence-electron chi connectivity index (χ3n) is 3.87. The number of hydrogen-bond donors (Lipinski definition) is 1. The molecule has 1 N–H and O–H groups in total. The number of rotatable bonds is 3. The van der Waals surface area contributed by atoms with Gasteiger partial charge in [0.2, 0.25) is 0 Å². The summed E-state index contributed by atoms with van der Waals surface area (Å²) < 4.78 is 36.2. The van der Waals surface area contributed by atoms with Gasteiger partial charge in [-0.05, 0) is 43.9 Å². The number of hydrogen-bond acceptors (Lipinski definition) is 1. The molecule has 0 heterocycles. The Morgan fingerprint density at radius 1 is 1.06 bits per heavy atom. The van der Waals surface area contributed by atoms with Crippen molar-refractivity contribution < 1.29 is 18.3 Å². The maximum Gasteiger partial charge on any atom is 0.389 e. The van der Waals surface area contributed by atoms with E-state index >= 15 is 0 Å². The Hall–Kier alpha value is -0.250. The van der Waals surface area contributed by atoms with Gasteiger partial charge in [0.15, 0.2) is 0 Å². The Bertz CT molecular complexity index is 248. The van der Waals surface area contributed by atoms with E-state index in [0.717, 1.165) is 19.3 Å². The summed E-state index contributed by atoms with van der Waals surface area (Å²) in [7, 11) is 0. The van der Waals surface area contributed by atoms with E-state index in [2.05, 4.69) is 13.8 Å². The van der Waals surface area contributed by atoms with Crippen molar-refractivity contribution in [1.82, 2.24) is 0 Å². The van der Waals surface area contributed by atoms with Crippen molar-refractivity contribution in [2.24, 2.45) is 5.41 Å². The summed E-state index contributed by atoms with van der Waals surface area (Å²) in [6, 6.07) is 0. The molecule has 1 saturated carbocycles. The van der Waals surface area contributed by atoms with Gasteiger partial charge in [-0.2, -0.15) is 13.2 Å². The molecule has 0 saturated heterocycles. The van der Waals surface area contributed by atoms with Crippen LogP contribution in [0.25, 0.3) is 0 Å². The van der Waals surface area contributed by atoms with Crippen LogP contribution in [-0.2, 0) is 0 Å². The first kappa shape index (κ1) is 14.8. The lowest BCUT2D eigenvalue weighted by Crippen LogP contribution is -2.28. The molecular formula is C13H23F3O. The standard InChI is InChI=1S/C13H23F3O/c1-11(2)5-3-6-12(17,10-9-11)7-4-8-13(14,15)16/h17H,3-10H2,1-2H3. The second-order valence-electron chi connectivity index (χ2n) is 6.21. The Kier molecular flexibility index (Phi) is 4.50. The summed E-state index contributed by atoms with van der Waals surface area (Å²) in [5.74, 6) is 0. The van der Waals surface area contributed by atoms with Gasteiger partial charge in [0.05, 0.1) is 5.60 Å². The topological polar surface area (TPSA) is 20.2 Å². The molecule has 0 spiro atoms. The van der Waals surface area contributed by atoms with E-state index in [1.165, 1.54) is 0 Å². The predicted octanol–water partition coefficient (Wildman–Crippen LogP) is 4.44. The van der Waals surface area contributed by atoms with Crippen LogP contribution in [0.15, 0.2) is 0 Å². The molecule has 0 aromatic heterocycles. The van der Waals surface area contributed by atoms with Crippen LogP contribution in [-0.4, -0.2) is 16.9 Å². The van der Waals surface area contributed by atoms with Gasteiger partial charge in [0.1, 0.15) is 0 Å². The number of aliphatic hydroxyl groups is 1. The predicted molar refractivity (Wildman–Crippen MR) is 61.7 cm³/mol. The van der Waals surface area contributed by atoms with Crippen molar-refractivity contribution in [2.75, 3.05) is 0 Å². The second kappa shape index (κ2) is 5.17. The van der Waals surface area contributed by atoms with Crippen LogP contribution in [0.5, 0.6) is 0 Å². The Morgan fingerprint density at radius 2 is 1.71 bits per heavy atom. The smallest absolute Gasteiger partial charge is 0.389 e. The van der Waals surface area contributed by atoms with E-state index in [1.54, 1.807) is 0 Å². The van der Waals surface area contributed by atoms with Crippen molar-refractivity contribution >= 4 is 0 Å². The molecule has 0 bridgehead atoms. The molecule has 0 aromatic rings. The molecule has 1 fully saturated rings. The van der Waals surface area contributed by atoms with E-state index in [9.17, 15) is 18.3 Å². The maximum atomic E-state index is 12.1. The van der Waals surface area contributed by atoms with E-state index in [1.807, 2.05) is 0 Å². The van der Waals surface area contributed by atoms with Crippen molar-refractivity contribution in [3.63, 3.8) is 0 Å². The van der Waals surface area contributed by atoms with Gasteiger partial charge in [-0.1, -0.05) is 20.3 Å². The summed E-state index contributed by atoms with van der Waals surface area (Å²) >= 11 is 0. The van der Waals surface area contributed by atoms with Gasteiger partial charge in [-0.25, -0.2) is 0 Å². The van der Waals surface area contributed by atoms with Crippen LogP contribution in [0, 0.1) is 5.41 Å².